The number of hydrogen-bond acceptors (Lipinski definition) is 2. The van der Waals surface area contributed by atoms with Crippen molar-refractivity contribution in [2.24, 2.45) is 5.92 Å². The van der Waals surface area contributed by atoms with Crippen molar-refractivity contribution in [3.63, 3.8) is 0 Å². The van der Waals surface area contributed by atoms with E-state index in [-0.39, 0.29) is 11.8 Å². The van der Waals surface area contributed by atoms with E-state index in [1.807, 2.05) is 4.90 Å². The summed E-state index contributed by atoms with van der Waals surface area (Å²) >= 11 is 0. The van der Waals surface area contributed by atoms with E-state index in [1.165, 1.54) is 37.8 Å². The number of hydrogen-bond donors (Lipinski definition) is 1. The van der Waals surface area contributed by atoms with Crippen LogP contribution in [0.5, 0.6) is 0 Å². The van der Waals surface area contributed by atoms with Crippen LogP contribution in [0.15, 0.2) is 24.3 Å². The maximum atomic E-state index is 13.0. The maximum Gasteiger partial charge on any atom is 0.317 e. The first-order valence-corrected chi connectivity index (χ1v) is 8.25. The van der Waals surface area contributed by atoms with Crippen LogP contribution in [0.1, 0.15) is 25.7 Å². The molecule has 2 aliphatic rings. The van der Waals surface area contributed by atoms with Gasteiger partial charge in [-0.3, -0.25) is 0 Å². The zero-order chi connectivity index (χ0) is 15.4. The van der Waals surface area contributed by atoms with Gasteiger partial charge in [-0.2, -0.15) is 0 Å². The highest BCUT2D eigenvalue weighted by Crippen LogP contribution is 2.23. The van der Waals surface area contributed by atoms with E-state index in [9.17, 15) is 9.18 Å². The molecule has 0 atom stereocenters. The Morgan fingerprint density at radius 1 is 1.09 bits per heavy atom. The standard InChI is InChI=1S/C17H24FN3O/c18-15-5-7-16(8-6-15)20-9-11-21(12-10-20)17(22)19-13-14-3-1-2-4-14/h5-8,14H,1-4,9-13H2,(H,19,22). The number of benzene rings is 1. The number of urea groups is 1. The van der Waals surface area contributed by atoms with E-state index in [4.69, 9.17) is 0 Å². The smallest absolute Gasteiger partial charge is 0.317 e. The quantitative estimate of drug-likeness (QED) is 0.932. The van der Waals surface area contributed by atoms with Crippen LogP contribution in [-0.4, -0.2) is 43.7 Å². The number of carbonyl (C=O) groups is 1. The van der Waals surface area contributed by atoms with Gasteiger partial charge in [0, 0.05) is 38.4 Å². The van der Waals surface area contributed by atoms with E-state index < -0.39 is 0 Å². The summed E-state index contributed by atoms with van der Waals surface area (Å²) in [6, 6.07) is 6.62. The topological polar surface area (TPSA) is 35.6 Å². The van der Waals surface area contributed by atoms with Crippen LogP contribution in [0.25, 0.3) is 0 Å². The second-order valence-electron chi connectivity index (χ2n) is 6.29. The van der Waals surface area contributed by atoms with Crippen molar-refractivity contribution >= 4 is 11.7 Å². The summed E-state index contributed by atoms with van der Waals surface area (Å²) in [5, 5.41) is 3.08. The summed E-state index contributed by atoms with van der Waals surface area (Å²) < 4.78 is 13.0. The van der Waals surface area contributed by atoms with Gasteiger partial charge in [-0.1, -0.05) is 12.8 Å². The molecule has 1 aliphatic carbocycles. The highest BCUT2D eigenvalue weighted by molar-refractivity contribution is 5.74. The minimum Gasteiger partial charge on any atom is -0.368 e. The van der Waals surface area contributed by atoms with E-state index in [1.54, 1.807) is 12.1 Å². The molecule has 2 fully saturated rings. The third-order valence-electron chi connectivity index (χ3n) is 4.78. The first kappa shape index (κ1) is 15.1. The molecule has 0 unspecified atom stereocenters. The van der Waals surface area contributed by atoms with Crippen LogP contribution in [0.4, 0.5) is 14.9 Å². The van der Waals surface area contributed by atoms with Crippen molar-refractivity contribution in [1.29, 1.82) is 0 Å². The van der Waals surface area contributed by atoms with Crippen molar-refractivity contribution in [3.05, 3.63) is 30.1 Å². The van der Waals surface area contributed by atoms with Crippen molar-refractivity contribution in [2.45, 2.75) is 25.7 Å². The first-order chi connectivity index (χ1) is 10.7. The Balaban J connectivity index is 1.44. The van der Waals surface area contributed by atoms with Gasteiger partial charge in [0.05, 0.1) is 0 Å². The summed E-state index contributed by atoms with van der Waals surface area (Å²) in [6.45, 7) is 3.84. The fraction of sp³-hybridized carbons (Fsp3) is 0.588. The molecule has 120 valence electrons. The second-order valence-corrected chi connectivity index (χ2v) is 6.29. The third-order valence-corrected chi connectivity index (χ3v) is 4.78. The summed E-state index contributed by atoms with van der Waals surface area (Å²) in [5.74, 6) is 0.457. The predicted molar refractivity (Wildman–Crippen MR) is 85.5 cm³/mol. The fourth-order valence-electron chi connectivity index (χ4n) is 3.38. The summed E-state index contributed by atoms with van der Waals surface area (Å²) in [7, 11) is 0. The van der Waals surface area contributed by atoms with Gasteiger partial charge in [-0.15, -0.1) is 0 Å². The molecule has 1 saturated carbocycles. The summed E-state index contributed by atoms with van der Waals surface area (Å²) in [4.78, 5) is 16.3. The molecule has 0 radical (unpaired) electrons. The Morgan fingerprint density at radius 2 is 1.73 bits per heavy atom. The van der Waals surface area contributed by atoms with Gasteiger partial charge >= 0.3 is 6.03 Å². The summed E-state index contributed by atoms with van der Waals surface area (Å²) in [5.41, 5.74) is 1.02. The Labute approximate surface area is 131 Å². The van der Waals surface area contributed by atoms with Crippen molar-refractivity contribution in [1.82, 2.24) is 10.2 Å². The lowest BCUT2D eigenvalue weighted by Gasteiger charge is -2.36. The van der Waals surface area contributed by atoms with Crippen molar-refractivity contribution in [3.8, 4) is 0 Å². The molecule has 5 heteroatoms. The average molecular weight is 305 g/mol. The number of halogens is 1. The molecule has 1 aromatic carbocycles. The lowest BCUT2D eigenvalue weighted by atomic mass is 10.1. The second kappa shape index (κ2) is 6.99. The van der Waals surface area contributed by atoms with Crippen LogP contribution in [0, 0.1) is 11.7 Å². The number of rotatable bonds is 3. The largest absolute Gasteiger partial charge is 0.368 e. The van der Waals surface area contributed by atoms with E-state index in [0.29, 0.717) is 19.0 Å². The normalized spacial score (nSPS) is 19.5. The number of piperazine rings is 1. The van der Waals surface area contributed by atoms with Gasteiger partial charge in [0.2, 0.25) is 0 Å². The van der Waals surface area contributed by atoms with Crippen LogP contribution >= 0.6 is 0 Å². The molecule has 4 nitrogen and oxygen atoms in total. The molecule has 0 spiro atoms. The molecule has 1 N–H and O–H groups in total. The van der Waals surface area contributed by atoms with E-state index in [0.717, 1.165) is 25.3 Å². The SMILES string of the molecule is O=C(NCC1CCCC1)N1CCN(c2ccc(F)cc2)CC1. The molecule has 2 amide bonds. The van der Waals surface area contributed by atoms with Crippen molar-refractivity contribution in [2.75, 3.05) is 37.6 Å². The first-order valence-electron chi connectivity index (χ1n) is 8.25. The molecule has 1 saturated heterocycles. The Bertz CT molecular complexity index is 491. The maximum absolute atomic E-state index is 13.0. The molecule has 1 heterocycles. The molecular weight excluding hydrogens is 281 g/mol. The number of nitrogens with zero attached hydrogens (tertiary/aromatic N) is 2. The van der Waals surface area contributed by atoms with Gasteiger partial charge in [0.15, 0.2) is 0 Å². The van der Waals surface area contributed by atoms with Gasteiger partial charge in [0.25, 0.3) is 0 Å². The highest BCUT2D eigenvalue weighted by Gasteiger charge is 2.22. The average Bonchev–Trinajstić information content (AvgIpc) is 3.07. The van der Waals surface area contributed by atoms with Crippen molar-refractivity contribution < 1.29 is 9.18 Å². The van der Waals surface area contributed by atoms with Gasteiger partial charge < -0.3 is 15.1 Å². The van der Waals surface area contributed by atoms with E-state index in [2.05, 4.69) is 10.2 Å². The molecule has 22 heavy (non-hydrogen) atoms. The highest BCUT2D eigenvalue weighted by atomic mass is 19.1. The number of anilines is 1. The van der Waals surface area contributed by atoms with Gasteiger partial charge in [0.1, 0.15) is 5.82 Å². The zero-order valence-corrected chi connectivity index (χ0v) is 12.9. The molecule has 1 aliphatic heterocycles. The molecule has 0 aromatic heterocycles. The Hall–Kier alpha value is -1.78. The number of amides is 2. The Kier molecular flexibility index (Phi) is 4.80. The van der Waals surface area contributed by atoms with Gasteiger partial charge in [-0.25, -0.2) is 9.18 Å². The lowest BCUT2D eigenvalue weighted by molar-refractivity contribution is 0.192. The van der Waals surface area contributed by atoms with E-state index >= 15 is 0 Å². The lowest BCUT2D eigenvalue weighted by Crippen LogP contribution is -2.52. The number of nitrogens with one attached hydrogen (secondary N) is 1. The minimum atomic E-state index is -0.214. The summed E-state index contributed by atoms with van der Waals surface area (Å²) in [6.07, 6.45) is 5.10. The van der Waals surface area contributed by atoms with Gasteiger partial charge in [-0.05, 0) is 43.0 Å². The predicted octanol–water partition coefficient (Wildman–Crippen LogP) is 2.85. The zero-order valence-electron chi connectivity index (χ0n) is 12.9. The minimum absolute atomic E-state index is 0.0608. The van der Waals surface area contributed by atoms with Crippen LogP contribution in [0.2, 0.25) is 0 Å². The fourth-order valence-corrected chi connectivity index (χ4v) is 3.38. The molecule has 0 bridgehead atoms. The molecule has 1 aromatic rings. The monoisotopic (exact) mass is 305 g/mol. The molecule has 3 rings (SSSR count). The molecular formula is C17H24FN3O. The van der Waals surface area contributed by atoms with Crippen LogP contribution < -0.4 is 10.2 Å². The Morgan fingerprint density at radius 3 is 2.36 bits per heavy atom. The van der Waals surface area contributed by atoms with Crippen LogP contribution in [0.3, 0.4) is 0 Å². The van der Waals surface area contributed by atoms with Crippen LogP contribution in [-0.2, 0) is 0 Å². The third kappa shape index (κ3) is 3.70. The number of carbonyl (C=O) groups excluding carboxylic acids is 1.